The van der Waals surface area contributed by atoms with Crippen LogP contribution in [0, 0.1) is 0 Å². The van der Waals surface area contributed by atoms with Gasteiger partial charge in [0.05, 0.1) is 19.3 Å². The number of morpholine rings is 1. The Kier molecular flexibility index (Phi) is 4.34. The Balaban J connectivity index is 2.35. The number of ether oxygens (including phenoxy) is 1. The van der Waals surface area contributed by atoms with Crippen LogP contribution in [0.25, 0.3) is 0 Å². The third kappa shape index (κ3) is 2.85. The van der Waals surface area contributed by atoms with Gasteiger partial charge in [-0.05, 0) is 13.0 Å². The standard InChI is InChI=1S/C13H19N3O3/c1-9(17)10-4-3-5-15-12(10)16-6-7-19-8-11(16)13(18)14-2/h3-5,9,11,17H,6-8H2,1-2H3,(H,14,18)/t9-,11?/m0/s1. The van der Waals surface area contributed by atoms with Gasteiger partial charge in [0, 0.05) is 25.4 Å². The van der Waals surface area contributed by atoms with E-state index in [9.17, 15) is 9.90 Å². The minimum atomic E-state index is -0.628. The summed E-state index contributed by atoms with van der Waals surface area (Å²) in [5.41, 5.74) is 0.721. The Morgan fingerprint density at radius 1 is 1.68 bits per heavy atom. The maximum atomic E-state index is 11.9. The first-order chi connectivity index (χ1) is 9.15. The normalized spacial score (nSPS) is 21.0. The zero-order chi connectivity index (χ0) is 13.8. The number of aliphatic hydroxyl groups is 1. The third-order valence-corrected chi connectivity index (χ3v) is 3.22. The van der Waals surface area contributed by atoms with Crippen LogP contribution in [0.15, 0.2) is 18.3 Å². The number of likely N-dealkylation sites (N-methyl/N-ethyl adjacent to an activating group) is 1. The predicted octanol–water partition coefficient (Wildman–Crippen LogP) is 0.0861. The fourth-order valence-corrected chi connectivity index (χ4v) is 2.22. The summed E-state index contributed by atoms with van der Waals surface area (Å²) in [4.78, 5) is 18.1. The van der Waals surface area contributed by atoms with Gasteiger partial charge in [-0.1, -0.05) is 6.07 Å². The Labute approximate surface area is 112 Å². The lowest BCUT2D eigenvalue weighted by Crippen LogP contribution is -2.54. The van der Waals surface area contributed by atoms with Gasteiger partial charge in [-0.3, -0.25) is 4.79 Å². The minimum absolute atomic E-state index is 0.109. The van der Waals surface area contributed by atoms with Crippen LogP contribution in [-0.2, 0) is 9.53 Å². The summed E-state index contributed by atoms with van der Waals surface area (Å²) in [7, 11) is 1.60. The monoisotopic (exact) mass is 265 g/mol. The van der Waals surface area contributed by atoms with Crippen LogP contribution in [0.5, 0.6) is 0 Å². The smallest absolute Gasteiger partial charge is 0.244 e. The zero-order valence-electron chi connectivity index (χ0n) is 11.2. The number of aliphatic hydroxyl groups excluding tert-OH is 1. The molecule has 2 atom stereocenters. The Morgan fingerprint density at radius 3 is 3.16 bits per heavy atom. The first kappa shape index (κ1) is 13.8. The maximum Gasteiger partial charge on any atom is 0.244 e. The number of carbonyl (C=O) groups is 1. The number of hydrogen-bond donors (Lipinski definition) is 2. The molecule has 19 heavy (non-hydrogen) atoms. The van der Waals surface area contributed by atoms with Crippen LogP contribution in [0.4, 0.5) is 5.82 Å². The Bertz CT molecular complexity index is 451. The number of carbonyl (C=O) groups excluding carboxylic acids is 1. The van der Waals surface area contributed by atoms with Crippen molar-refractivity contribution in [2.45, 2.75) is 19.1 Å². The van der Waals surface area contributed by atoms with Gasteiger partial charge in [0.15, 0.2) is 0 Å². The molecular weight excluding hydrogens is 246 g/mol. The molecule has 2 N–H and O–H groups in total. The van der Waals surface area contributed by atoms with Crippen molar-refractivity contribution in [3.05, 3.63) is 23.9 Å². The lowest BCUT2D eigenvalue weighted by molar-refractivity contribution is -0.124. The predicted molar refractivity (Wildman–Crippen MR) is 70.9 cm³/mol. The van der Waals surface area contributed by atoms with Crippen LogP contribution >= 0.6 is 0 Å². The van der Waals surface area contributed by atoms with E-state index in [0.29, 0.717) is 25.6 Å². The number of pyridine rings is 1. The molecule has 0 saturated carbocycles. The number of anilines is 1. The number of nitrogens with zero attached hydrogens (tertiary/aromatic N) is 2. The Morgan fingerprint density at radius 2 is 2.47 bits per heavy atom. The summed E-state index contributed by atoms with van der Waals surface area (Å²) in [5.74, 6) is 0.538. The van der Waals surface area contributed by atoms with Crippen molar-refractivity contribution >= 4 is 11.7 Å². The van der Waals surface area contributed by atoms with Crippen molar-refractivity contribution in [1.29, 1.82) is 0 Å². The van der Waals surface area contributed by atoms with Crippen molar-refractivity contribution in [2.24, 2.45) is 0 Å². The van der Waals surface area contributed by atoms with E-state index in [1.165, 1.54) is 0 Å². The van der Waals surface area contributed by atoms with Crippen LogP contribution in [0.2, 0.25) is 0 Å². The number of aromatic nitrogens is 1. The molecule has 6 heteroatoms. The van der Waals surface area contributed by atoms with E-state index in [1.54, 1.807) is 26.2 Å². The van der Waals surface area contributed by atoms with Gasteiger partial charge in [0.25, 0.3) is 0 Å². The van der Waals surface area contributed by atoms with Crippen LogP contribution < -0.4 is 10.2 Å². The van der Waals surface area contributed by atoms with E-state index in [4.69, 9.17) is 4.74 Å². The topological polar surface area (TPSA) is 74.7 Å². The van der Waals surface area contributed by atoms with E-state index in [2.05, 4.69) is 10.3 Å². The highest BCUT2D eigenvalue weighted by atomic mass is 16.5. The average Bonchev–Trinajstić information content (AvgIpc) is 2.46. The lowest BCUT2D eigenvalue weighted by Gasteiger charge is -2.36. The highest BCUT2D eigenvalue weighted by molar-refractivity contribution is 5.85. The van der Waals surface area contributed by atoms with Crippen LogP contribution in [0.1, 0.15) is 18.6 Å². The molecule has 104 valence electrons. The van der Waals surface area contributed by atoms with Gasteiger partial charge < -0.3 is 20.1 Å². The fraction of sp³-hybridized carbons (Fsp3) is 0.538. The molecule has 1 aliphatic rings. The van der Waals surface area contributed by atoms with Crippen molar-refractivity contribution in [3.8, 4) is 0 Å². The molecule has 2 heterocycles. The fourth-order valence-electron chi connectivity index (χ4n) is 2.22. The first-order valence-electron chi connectivity index (χ1n) is 6.34. The van der Waals surface area contributed by atoms with Gasteiger partial charge in [0.1, 0.15) is 11.9 Å². The van der Waals surface area contributed by atoms with E-state index in [0.717, 1.165) is 5.56 Å². The number of hydrogen-bond acceptors (Lipinski definition) is 5. The molecule has 1 amide bonds. The molecule has 0 spiro atoms. The SMILES string of the molecule is CNC(=O)C1COCCN1c1ncccc1[C@H](C)O. The molecule has 1 saturated heterocycles. The number of rotatable bonds is 3. The van der Waals surface area contributed by atoms with E-state index < -0.39 is 12.1 Å². The van der Waals surface area contributed by atoms with Gasteiger partial charge in [-0.15, -0.1) is 0 Å². The van der Waals surface area contributed by atoms with Crippen molar-refractivity contribution < 1.29 is 14.6 Å². The number of amides is 1. The average molecular weight is 265 g/mol. The number of nitrogens with one attached hydrogen (secondary N) is 1. The van der Waals surface area contributed by atoms with E-state index in [-0.39, 0.29) is 5.91 Å². The second-order valence-electron chi connectivity index (χ2n) is 4.49. The summed E-state index contributed by atoms with van der Waals surface area (Å²) in [6.07, 6.45) is 1.04. The molecule has 1 aromatic heterocycles. The zero-order valence-corrected chi connectivity index (χ0v) is 11.2. The van der Waals surface area contributed by atoms with Crippen LogP contribution in [0.3, 0.4) is 0 Å². The molecular formula is C13H19N3O3. The molecule has 6 nitrogen and oxygen atoms in total. The van der Waals surface area contributed by atoms with Crippen molar-refractivity contribution in [3.63, 3.8) is 0 Å². The molecule has 1 aliphatic heterocycles. The molecule has 0 aliphatic carbocycles. The van der Waals surface area contributed by atoms with E-state index >= 15 is 0 Å². The second kappa shape index (κ2) is 5.99. The molecule has 0 radical (unpaired) electrons. The largest absolute Gasteiger partial charge is 0.389 e. The third-order valence-electron chi connectivity index (χ3n) is 3.22. The van der Waals surface area contributed by atoms with Crippen molar-refractivity contribution in [2.75, 3.05) is 31.7 Å². The highest BCUT2D eigenvalue weighted by Crippen LogP contribution is 2.26. The molecule has 1 fully saturated rings. The summed E-state index contributed by atoms with van der Waals surface area (Å²) < 4.78 is 5.36. The first-order valence-corrected chi connectivity index (χ1v) is 6.34. The van der Waals surface area contributed by atoms with E-state index in [1.807, 2.05) is 11.0 Å². The molecule has 1 aromatic rings. The molecule has 2 rings (SSSR count). The van der Waals surface area contributed by atoms with Gasteiger partial charge in [-0.2, -0.15) is 0 Å². The molecule has 1 unspecified atom stereocenters. The van der Waals surface area contributed by atoms with Crippen molar-refractivity contribution in [1.82, 2.24) is 10.3 Å². The highest BCUT2D eigenvalue weighted by Gasteiger charge is 2.31. The summed E-state index contributed by atoms with van der Waals surface area (Å²) >= 11 is 0. The second-order valence-corrected chi connectivity index (χ2v) is 4.49. The van der Waals surface area contributed by atoms with Gasteiger partial charge >= 0.3 is 0 Å². The molecule has 0 aromatic carbocycles. The summed E-state index contributed by atoms with van der Waals surface area (Å²) in [6, 6.07) is 3.19. The summed E-state index contributed by atoms with van der Waals surface area (Å²) in [6.45, 7) is 3.14. The quantitative estimate of drug-likeness (QED) is 0.810. The molecule has 0 bridgehead atoms. The Hall–Kier alpha value is -1.66. The lowest BCUT2D eigenvalue weighted by atomic mass is 10.1. The maximum absolute atomic E-state index is 11.9. The minimum Gasteiger partial charge on any atom is -0.389 e. The van der Waals surface area contributed by atoms with Gasteiger partial charge in [-0.25, -0.2) is 4.98 Å². The summed E-state index contributed by atoms with van der Waals surface area (Å²) in [5, 5.41) is 12.5. The van der Waals surface area contributed by atoms with Crippen LogP contribution in [-0.4, -0.2) is 48.8 Å². The van der Waals surface area contributed by atoms with Gasteiger partial charge in [0.2, 0.25) is 5.91 Å².